The molecule has 1 unspecified atom stereocenters. The van der Waals surface area contributed by atoms with Crippen molar-refractivity contribution < 1.29 is 4.52 Å². The lowest BCUT2D eigenvalue weighted by atomic mass is 10.2. The molecule has 1 aliphatic carbocycles. The van der Waals surface area contributed by atoms with Crippen LogP contribution in [0.3, 0.4) is 0 Å². The van der Waals surface area contributed by atoms with E-state index in [0.717, 1.165) is 48.5 Å². The average molecular weight is 355 g/mol. The predicted octanol–water partition coefficient (Wildman–Crippen LogP) is 3.44. The van der Waals surface area contributed by atoms with Crippen LogP contribution in [0, 0.1) is 0 Å². The van der Waals surface area contributed by atoms with Crippen molar-refractivity contribution in [2.75, 3.05) is 31.1 Å². The van der Waals surface area contributed by atoms with Gasteiger partial charge in [0.2, 0.25) is 5.89 Å². The fourth-order valence-corrected chi connectivity index (χ4v) is 4.39. The summed E-state index contributed by atoms with van der Waals surface area (Å²) in [6.45, 7) is 6.09. The third-order valence-corrected chi connectivity index (χ3v) is 6.27. The standard InChI is InChI=1S/C18H21N5OS/c1-12(17-20-16(21-24-17)13-6-7-13)22-8-10-23(11-9-22)18-19-14-4-2-3-5-15(14)25-18/h2-5,12-13H,6-11H2,1H3. The lowest BCUT2D eigenvalue weighted by molar-refractivity contribution is 0.164. The van der Waals surface area contributed by atoms with Gasteiger partial charge < -0.3 is 9.42 Å². The van der Waals surface area contributed by atoms with E-state index in [9.17, 15) is 0 Å². The number of benzene rings is 1. The topological polar surface area (TPSA) is 58.3 Å². The van der Waals surface area contributed by atoms with Gasteiger partial charge in [0.15, 0.2) is 11.0 Å². The molecule has 6 nitrogen and oxygen atoms in total. The van der Waals surface area contributed by atoms with Crippen LogP contribution in [0.15, 0.2) is 28.8 Å². The highest BCUT2D eigenvalue weighted by molar-refractivity contribution is 7.22. The molecule has 25 heavy (non-hydrogen) atoms. The summed E-state index contributed by atoms with van der Waals surface area (Å²) in [6.07, 6.45) is 2.41. The molecule has 7 heteroatoms. The summed E-state index contributed by atoms with van der Waals surface area (Å²) >= 11 is 1.78. The number of piperazine rings is 1. The Bertz CT molecular complexity index is 845. The lowest BCUT2D eigenvalue weighted by Gasteiger charge is -2.36. The molecule has 1 aliphatic heterocycles. The van der Waals surface area contributed by atoms with Crippen molar-refractivity contribution in [2.24, 2.45) is 0 Å². The maximum Gasteiger partial charge on any atom is 0.243 e. The number of hydrogen-bond donors (Lipinski definition) is 0. The first-order valence-corrected chi connectivity index (χ1v) is 9.77. The van der Waals surface area contributed by atoms with Gasteiger partial charge in [-0.3, -0.25) is 4.90 Å². The van der Waals surface area contributed by atoms with Crippen molar-refractivity contribution in [3.63, 3.8) is 0 Å². The molecule has 0 amide bonds. The van der Waals surface area contributed by atoms with Crippen LogP contribution in [0.4, 0.5) is 5.13 Å². The fraction of sp³-hybridized carbons (Fsp3) is 0.500. The molecule has 2 fully saturated rings. The molecule has 130 valence electrons. The van der Waals surface area contributed by atoms with Crippen LogP contribution in [0.5, 0.6) is 0 Å². The highest BCUT2D eigenvalue weighted by atomic mass is 32.1. The van der Waals surface area contributed by atoms with Crippen LogP contribution in [0.1, 0.15) is 43.4 Å². The van der Waals surface area contributed by atoms with Gasteiger partial charge in [-0.25, -0.2) is 4.98 Å². The largest absolute Gasteiger partial charge is 0.345 e. The van der Waals surface area contributed by atoms with Crippen molar-refractivity contribution in [3.8, 4) is 0 Å². The first kappa shape index (κ1) is 15.3. The Morgan fingerprint density at radius 3 is 2.68 bits per heavy atom. The number of hydrogen-bond acceptors (Lipinski definition) is 7. The summed E-state index contributed by atoms with van der Waals surface area (Å²) in [5.41, 5.74) is 1.09. The highest BCUT2D eigenvalue weighted by Crippen LogP contribution is 2.38. The van der Waals surface area contributed by atoms with Crippen LogP contribution in [0.25, 0.3) is 10.2 Å². The van der Waals surface area contributed by atoms with Crippen molar-refractivity contribution in [2.45, 2.75) is 31.7 Å². The number of nitrogens with zero attached hydrogens (tertiary/aromatic N) is 5. The van der Waals surface area contributed by atoms with E-state index in [1.807, 2.05) is 6.07 Å². The molecule has 3 aromatic rings. The van der Waals surface area contributed by atoms with E-state index in [2.05, 4.69) is 45.1 Å². The van der Waals surface area contributed by atoms with E-state index in [0.29, 0.717) is 5.92 Å². The molecule has 1 aromatic carbocycles. The monoisotopic (exact) mass is 355 g/mol. The minimum Gasteiger partial charge on any atom is -0.345 e. The third kappa shape index (κ3) is 2.91. The number of anilines is 1. The Hall–Kier alpha value is -1.99. The SMILES string of the molecule is CC(c1nc(C2CC2)no1)N1CCN(c2nc3ccccc3s2)CC1. The van der Waals surface area contributed by atoms with Gasteiger partial charge in [-0.1, -0.05) is 28.6 Å². The molecule has 0 spiro atoms. The minimum absolute atomic E-state index is 0.178. The quantitative estimate of drug-likeness (QED) is 0.714. The second-order valence-corrected chi connectivity index (χ2v) is 7.94. The number of para-hydroxylation sites is 1. The summed E-state index contributed by atoms with van der Waals surface area (Å²) in [5, 5.41) is 5.28. The Morgan fingerprint density at radius 2 is 1.92 bits per heavy atom. The van der Waals surface area contributed by atoms with Crippen LogP contribution >= 0.6 is 11.3 Å². The number of thiazole rings is 1. The zero-order valence-electron chi connectivity index (χ0n) is 14.3. The van der Waals surface area contributed by atoms with Gasteiger partial charge in [0.1, 0.15) is 0 Å². The Balaban J connectivity index is 1.25. The fourth-order valence-electron chi connectivity index (χ4n) is 3.38. The van der Waals surface area contributed by atoms with Gasteiger partial charge >= 0.3 is 0 Å². The van der Waals surface area contributed by atoms with Crippen LogP contribution < -0.4 is 4.90 Å². The van der Waals surface area contributed by atoms with Gasteiger partial charge in [-0.05, 0) is 31.9 Å². The first-order valence-electron chi connectivity index (χ1n) is 8.96. The van der Waals surface area contributed by atoms with Gasteiger partial charge in [-0.2, -0.15) is 4.98 Å². The maximum absolute atomic E-state index is 5.51. The normalized spacial score (nSPS) is 20.3. The zero-order valence-corrected chi connectivity index (χ0v) is 15.1. The number of aromatic nitrogens is 3. The predicted molar refractivity (Wildman–Crippen MR) is 98.1 cm³/mol. The molecular formula is C18H21N5OS. The molecule has 2 aliphatic rings. The average Bonchev–Trinajstić information content (AvgIpc) is 3.22. The molecule has 5 rings (SSSR count). The van der Waals surface area contributed by atoms with Crippen molar-refractivity contribution in [1.29, 1.82) is 0 Å². The molecule has 0 radical (unpaired) electrons. The molecular weight excluding hydrogens is 334 g/mol. The maximum atomic E-state index is 5.51. The van der Waals surface area contributed by atoms with Crippen molar-refractivity contribution >= 4 is 26.7 Å². The lowest BCUT2D eigenvalue weighted by Crippen LogP contribution is -2.47. The zero-order chi connectivity index (χ0) is 16.8. The molecule has 3 heterocycles. The molecule has 1 atom stereocenters. The van der Waals surface area contributed by atoms with E-state index < -0.39 is 0 Å². The summed E-state index contributed by atoms with van der Waals surface area (Å²) in [5.74, 6) is 2.20. The van der Waals surface area contributed by atoms with E-state index in [1.54, 1.807) is 11.3 Å². The summed E-state index contributed by atoms with van der Waals surface area (Å²) in [7, 11) is 0. The second kappa shape index (κ2) is 6.07. The second-order valence-electron chi connectivity index (χ2n) is 6.93. The molecule has 1 saturated carbocycles. The smallest absolute Gasteiger partial charge is 0.243 e. The van der Waals surface area contributed by atoms with Gasteiger partial charge in [0, 0.05) is 32.1 Å². The van der Waals surface area contributed by atoms with Gasteiger partial charge in [0.05, 0.1) is 16.3 Å². The Kier molecular flexibility index (Phi) is 3.71. The first-order chi connectivity index (χ1) is 12.3. The van der Waals surface area contributed by atoms with E-state index in [4.69, 9.17) is 9.51 Å². The molecule has 2 aromatic heterocycles. The van der Waals surface area contributed by atoms with E-state index in [1.165, 1.54) is 17.5 Å². The van der Waals surface area contributed by atoms with Crippen molar-refractivity contribution in [3.05, 3.63) is 36.0 Å². The van der Waals surface area contributed by atoms with E-state index in [-0.39, 0.29) is 6.04 Å². The molecule has 0 N–H and O–H groups in total. The number of rotatable bonds is 4. The number of fused-ring (bicyclic) bond motifs is 1. The molecule has 1 saturated heterocycles. The summed E-state index contributed by atoms with van der Waals surface area (Å²) < 4.78 is 6.76. The van der Waals surface area contributed by atoms with Gasteiger partial charge in [-0.15, -0.1) is 0 Å². The van der Waals surface area contributed by atoms with E-state index >= 15 is 0 Å². The Labute approximate surface area is 150 Å². The van der Waals surface area contributed by atoms with Crippen LogP contribution in [-0.2, 0) is 0 Å². The Morgan fingerprint density at radius 1 is 1.12 bits per heavy atom. The summed E-state index contributed by atoms with van der Waals surface area (Å²) in [6, 6.07) is 8.52. The minimum atomic E-state index is 0.178. The van der Waals surface area contributed by atoms with Crippen LogP contribution in [0.2, 0.25) is 0 Å². The third-order valence-electron chi connectivity index (χ3n) is 5.17. The van der Waals surface area contributed by atoms with Crippen molar-refractivity contribution in [1.82, 2.24) is 20.0 Å². The summed E-state index contributed by atoms with van der Waals surface area (Å²) in [4.78, 5) is 14.2. The van der Waals surface area contributed by atoms with Crippen LogP contribution in [-0.4, -0.2) is 46.2 Å². The highest BCUT2D eigenvalue weighted by Gasteiger charge is 2.31. The molecule has 0 bridgehead atoms. The van der Waals surface area contributed by atoms with Gasteiger partial charge in [0.25, 0.3) is 0 Å².